The van der Waals surface area contributed by atoms with Gasteiger partial charge in [-0.3, -0.25) is 14.5 Å². The smallest absolute Gasteiger partial charge is 0.244 e. The Kier molecular flexibility index (Phi) is 5.94. The quantitative estimate of drug-likeness (QED) is 0.662. The fourth-order valence-corrected chi connectivity index (χ4v) is 5.70. The standard InChI is InChI=1S/C23H31ClN4O3/c24-19-2-1-18(20(15-19)26-8-5-23(17-26)6-13-31-14-7-23)16-25-9-11-27(12-10-25)28-21(29)3-4-22(28)30/h1-2,15H,3-14,16-17H2. The maximum Gasteiger partial charge on any atom is 0.244 e. The van der Waals surface area contributed by atoms with Crippen LogP contribution in [0.15, 0.2) is 18.2 Å². The van der Waals surface area contributed by atoms with Crippen molar-refractivity contribution in [1.82, 2.24) is 14.9 Å². The zero-order valence-electron chi connectivity index (χ0n) is 18.0. The number of hydrogen-bond acceptors (Lipinski definition) is 6. The molecule has 0 aromatic heterocycles. The van der Waals surface area contributed by atoms with Crippen molar-refractivity contribution >= 4 is 29.1 Å². The fraction of sp³-hybridized carbons (Fsp3) is 0.652. The second-order valence-corrected chi connectivity index (χ2v) is 9.82. The highest BCUT2D eigenvalue weighted by atomic mass is 35.5. The Labute approximate surface area is 188 Å². The van der Waals surface area contributed by atoms with Crippen molar-refractivity contribution in [3.05, 3.63) is 28.8 Å². The molecule has 168 valence electrons. The Morgan fingerprint density at radius 1 is 0.935 bits per heavy atom. The van der Waals surface area contributed by atoms with Crippen molar-refractivity contribution in [3.8, 4) is 0 Å². The minimum absolute atomic E-state index is 0.0606. The summed E-state index contributed by atoms with van der Waals surface area (Å²) in [6, 6.07) is 6.26. The molecule has 1 aromatic carbocycles. The van der Waals surface area contributed by atoms with Gasteiger partial charge in [-0.05, 0) is 42.4 Å². The van der Waals surface area contributed by atoms with E-state index < -0.39 is 0 Å². The number of hydrazine groups is 1. The molecular formula is C23H31ClN4O3. The van der Waals surface area contributed by atoms with E-state index in [9.17, 15) is 9.59 Å². The van der Waals surface area contributed by atoms with Crippen molar-refractivity contribution in [2.75, 3.05) is 57.4 Å². The first-order valence-electron chi connectivity index (χ1n) is 11.5. The van der Waals surface area contributed by atoms with Crippen molar-refractivity contribution in [2.24, 2.45) is 5.41 Å². The van der Waals surface area contributed by atoms with Crippen molar-refractivity contribution in [2.45, 2.75) is 38.6 Å². The van der Waals surface area contributed by atoms with Crippen LogP contribution in [0.5, 0.6) is 0 Å². The van der Waals surface area contributed by atoms with Gasteiger partial charge >= 0.3 is 0 Å². The minimum atomic E-state index is -0.0606. The summed E-state index contributed by atoms with van der Waals surface area (Å²) in [4.78, 5) is 29.0. The molecule has 31 heavy (non-hydrogen) atoms. The molecule has 0 radical (unpaired) electrons. The number of amides is 2. The van der Waals surface area contributed by atoms with Gasteiger partial charge in [0.05, 0.1) is 0 Å². The third-order valence-corrected chi connectivity index (χ3v) is 7.67. The van der Waals surface area contributed by atoms with Crippen LogP contribution in [0.3, 0.4) is 0 Å². The zero-order valence-corrected chi connectivity index (χ0v) is 18.8. The van der Waals surface area contributed by atoms with Crippen molar-refractivity contribution < 1.29 is 14.3 Å². The summed E-state index contributed by atoms with van der Waals surface area (Å²) in [5.41, 5.74) is 2.94. The number of hydrogen-bond donors (Lipinski definition) is 0. The van der Waals surface area contributed by atoms with Crippen LogP contribution >= 0.6 is 11.6 Å². The number of benzene rings is 1. The van der Waals surface area contributed by atoms with E-state index in [0.29, 0.717) is 31.3 Å². The van der Waals surface area contributed by atoms with Gasteiger partial charge in [0, 0.05) is 82.6 Å². The maximum atomic E-state index is 12.0. The molecule has 1 aromatic rings. The Balaban J connectivity index is 1.24. The summed E-state index contributed by atoms with van der Waals surface area (Å²) in [5, 5.41) is 4.08. The van der Waals surface area contributed by atoms with Crippen LogP contribution < -0.4 is 4.90 Å². The van der Waals surface area contributed by atoms with Crippen molar-refractivity contribution in [1.29, 1.82) is 0 Å². The lowest BCUT2D eigenvalue weighted by atomic mass is 9.80. The first-order chi connectivity index (χ1) is 15.0. The number of halogens is 1. The summed E-state index contributed by atoms with van der Waals surface area (Å²) < 4.78 is 5.60. The van der Waals surface area contributed by atoms with E-state index in [1.54, 1.807) is 0 Å². The molecular weight excluding hydrogens is 416 g/mol. The largest absolute Gasteiger partial charge is 0.381 e. The lowest BCUT2D eigenvalue weighted by Crippen LogP contribution is -2.55. The number of rotatable bonds is 4. The highest BCUT2D eigenvalue weighted by molar-refractivity contribution is 6.30. The number of ether oxygens (including phenoxy) is 1. The van der Waals surface area contributed by atoms with Gasteiger partial charge < -0.3 is 9.64 Å². The molecule has 4 aliphatic heterocycles. The van der Waals surface area contributed by atoms with Gasteiger partial charge in [0.1, 0.15) is 0 Å². The van der Waals surface area contributed by atoms with Crippen LogP contribution in [0.1, 0.15) is 37.7 Å². The van der Waals surface area contributed by atoms with Crippen LogP contribution in [0.4, 0.5) is 5.69 Å². The van der Waals surface area contributed by atoms with Crippen molar-refractivity contribution in [3.63, 3.8) is 0 Å². The number of nitrogens with zero attached hydrogens (tertiary/aromatic N) is 4. The third kappa shape index (κ3) is 4.33. The van der Waals surface area contributed by atoms with E-state index in [-0.39, 0.29) is 11.8 Å². The SMILES string of the molecule is O=C1CCC(=O)N1N1CCN(Cc2ccc(Cl)cc2N2CCC3(CCOCC3)C2)CC1. The summed E-state index contributed by atoms with van der Waals surface area (Å²) in [5.74, 6) is -0.121. The second kappa shape index (κ2) is 8.70. The number of carbonyl (C=O) groups excluding carboxylic acids is 2. The molecule has 0 aliphatic carbocycles. The zero-order chi connectivity index (χ0) is 21.4. The molecule has 4 fully saturated rings. The topological polar surface area (TPSA) is 56.3 Å². The lowest BCUT2D eigenvalue weighted by molar-refractivity contribution is -0.160. The summed E-state index contributed by atoms with van der Waals surface area (Å²) in [6.45, 7) is 7.83. The molecule has 4 saturated heterocycles. The molecule has 0 unspecified atom stereocenters. The molecule has 0 saturated carbocycles. The molecule has 0 bridgehead atoms. The second-order valence-electron chi connectivity index (χ2n) is 9.39. The van der Waals surface area contributed by atoms with Gasteiger partial charge in [-0.25, -0.2) is 10.0 Å². The van der Waals surface area contributed by atoms with Gasteiger partial charge in [-0.15, -0.1) is 0 Å². The van der Waals surface area contributed by atoms with Gasteiger partial charge in [0.25, 0.3) is 0 Å². The van der Waals surface area contributed by atoms with Gasteiger partial charge in [-0.2, -0.15) is 0 Å². The Hall–Kier alpha value is -1.67. The van der Waals surface area contributed by atoms with Crippen LogP contribution in [0.25, 0.3) is 0 Å². The van der Waals surface area contributed by atoms with Crippen LogP contribution in [-0.2, 0) is 20.9 Å². The molecule has 7 nitrogen and oxygen atoms in total. The highest BCUT2D eigenvalue weighted by Crippen LogP contribution is 2.42. The molecule has 4 heterocycles. The van der Waals surface area contributed by atoms with Crippen LogP contribution in [0.2, 0.25) is 5.02 Å². The van der Waals surface area contributed by atoms with E-state index >= 15 is 0 Å². The van der Waals surface area contributed by atoms with E-state index in [2.05, 4.69) is 21.9 Å². The lowest BCUT2D eigenvalue weighted by Gasteiger charge is -2.38. The molecule has 0 N–H and O–H groups in total. The maximum absolute atomic E-state index is 12.0. The minimum Gasteiger partial charge on any atom is -0.381 e. The van der Waals surface area contributed by atoms with Gasteiger partial charge in [0.2, 0.25) is 11.8 Å². The van der Waals surface area contributed by atoms with Gasteiger partial charge in [0.15, 0.2) is 0 Å². The number of anilines is 1. The predicted molar refractivity (Wildman–Crippen MR) is 119 cm³/mol. The Morgan fingerprint density at radius 3 is 2.35 bits per heavy atom. The third-order valence-electron chi connectivity index (χ3n) is 7.43. The highest BCUT2D eigenvalue weighted by Gasteiger charge is 2.40. The number of imide groups is 1. The normalized spacial score (nSPS) is 25.2. The van der Waals surface area contributed by atoms with Crippen LogP contribution in [-0.4, -0.2) is 79.2 Å². The monoisotopic (exact) mass is 446 g/mol. The predicted octanol–water partition coefficient (Wildman–Crippen LogP) is 2.53. The average molecular weight is 447 g/mol. The molecule has 5 rings (SSSR count). The number of piperazine rings is 1. The molecule has 1 spiro atoms. The summed E-state index contributed by atoms with van der Waals surface area (Å²) >= 11 is 6.40. The Bertz CT molecular complexity index is 833. The first kappa shape index (κ1) is 21.2. The summed E-state index contributed by atoms with van der Waals surface area (Å²) in [7, 11) is 0. The van der Waals surface area contributed by atoms with E-state index in [1.807, 2.05) is 11.1 Å². The fourth-order valence-electron chi connectivity index (χ4n) is 5.53. The Morgan fingerprint density at radius 2 is 1.65 bits per heavy atom. The molecule has 2 amide bonds. The first-order valence-corrected chi connectivity index (χ1v) is 11.8. The van der Waals surface area contributed by atoms with E-state index in [1.165, 1.54) is 22.7 Å². The summed E-state index contributed by atoms with van der Waals surface area (Å²) in [6.07, 6.45) is 4.21. The molecule has 8 heteroatoms. The van der Waals surface area contributed by atoms with E-state index in [0.717, 1.165) is 63.8 Å². The molecule has 4 aliphatic rings. The van der Waals surface area contributed by atoms with Crippen LogP contribution in [0, 0.1) is 5.41 Å². The van der Waals surface area contributed by atoms with E-state index in [4.69, 9.17) is 16.3 Å². The van der Waals surface area contributed by atoms with Gasteiger partial charge in [-0.1, -0.05) is 17.7 Å². The average Bonchev–Trinajstić information content (AvgIpc) is 3.33. The molecule has 0 atom stereocenters. The number of carbonyl (C=O) groups is 2.